The molecular formula is C15H22N2O2. The van der Waals surface area contributed by atoms with Crippen LogP contribution in [0.25, 0.3) is 0 Å². The minimum atomic E-state index is 0.191. The van der Waals surface area contributed by atoms with Crippen molar-refractivity contribution in [2.45, 2.75) is 26.1 Å². The summed E-state index contributed by atoms with van der Waals surface area (Å²) in [6, 6.07) is 6.02. The monoisotopic (exact) mass is 262 g/mol. The standard InChI is InChI=1S/C15H22N2O2/c1-11-8-17(9-12(2)19-11)15-6-5-14(16(3)4)7-13(15)10-18/h5-7,10-12H,8-9H2,1-4H3/t11-,12+. The van der Waals surface area contributed by atoms with Gasteiger partial charge in [-0.1, -0.05) is 0 Å². The molecule has 1 saturated heterocycles. The summed E-state index contributed by atoms with van der Waals surface area (Å²) >= 11 is 0. The first-order valence-electron chi connectivity index (χ1n) is 6.68. The highest BCUT2D eigenvalue weighted by Crippen LogP contribution is 2.27. The van der Waals surface area contributed by atoms with E-state index in [1.54, 1.807) is 0 Å². The molecule has 1 heterocycles. The first-order valence-corrected chi connectivity index (χ1v) is 6.68. The molecule has 19 heavy (non-hydrogen) atoms. The van der Waals surface area contributed by atoms with Gasteiger partial charge < -0.3 is 14.5 Å². The fraction of sp³-hybridized carbons (Fsp3) is 0.533. The Bertz CT molecular complexity index is 449. The summed E-state index contributed by atoms with van der Waals surface area (Å²) in [4.78, 5) is 15.6. The summed E-state index contributed by atoms with van der Waals surface area (Å²) in [5.41, 5.74) is 2.79. The van der Waals surface area contributed by atoms with Crippen molar-refractivity contribution in [2.75, 3.05) is 37.0 Å². The van der Waals surface area contributed by atoms with Crippen LogP contribution < -0.4 is 9.80 Å². The zero-order valence-corrected chi connectivity index (χ0v) is 12.1. The number of aldehydes is 1. The van der Waals surface area contributed by atoms with Crippen LogP contribution in [0.5, 0.6) is 0 Å². The number of hydrogen-bond donors (Lipinski definition) is 0. The van der Waals surface area contributed by atoms with E-state index in [-0.39, 0.29) is 12.2 Å². The molecule has 0 amide bonds. The van der Waals surface area contributed by atoms with E-state index < -0.39 is 0 Å². The van der Waals surface area contributed by atoms with E-state index in [4.69, 9.17) is 4.74 Å². The second kappa shape index (κ2) is 5.61. The molecule has 1 fully saturated rings. The minimum Gasteiger partial charge on any atom is -0.378 e. The van der Waals surface area contributed by atoms with Crippen molar-refractivity contribution in [2.24, 2.45) is 0 Å². The summed E-state index contributed by atoms with van der Waals surface area (Å²) in [5.74, 6) is 0. The van der Waals surface area contributed by atoms with E-state index in [0.29, 0.717) is 0 Å². The molecular weight excluding hydrogens is 240 g/mol. The number of nitrogens with zero attached hydrogens (tertiary/aromatic N) is 2. The lowest BCUT2D eigenvalue weighted by atomic mass is 10.1. The van der Waals surface area contributed by atoms with Gasteiger partial charge in [-0.3, -0.25) is 4.79 Å². The van der Waals surface area contributed by atoms with E-state index in [0.717, 1.165) is 36.3 Å². The number of benzene rings is 1. The van der Waals surface area contributed by atoms with Crippen LogP contribution in [0.15, 0.2) is 18.2 Å². The first-order chi connectivity index (χ1) is 9.01. The van der Waals surface area contributed by atoms with Gasteiger partial charge in [-0.2, -0.15) is 0 Å². The van der Waals surface area contributed by atoms with Gasteiger partial charge >= 0.3 is 0 Å². The average molecular weight is 262 g/mol. The Hall–Kier alpha value is -1.55. The maximum Gasteiger partial charge on any atom is 0.152 e. The Morgan fingerprint density at radius 2 is 1.89 bits per heavy atom. The zero-order valence-electron chi connectivity index (χ0n) is 12.1. The number of ether oxygens (including phenoxy) is 1. The Kier molecular flexibility index (Phi) is 4.10. The third-order valence-electron chi connectivity index (χ3n) is 3.41. The SMILES string of the molecule is C[C@@H]1CN(c2ccc(N(C)C)cc2C=O)C[C@H](C)O1. The summed E-state index contributed by atoms with van der Waals surface area (Å²) in [6.07, 6.45) is 1.32. The minimum absolute atomic E-state index is 0.191. The van der Waals surface area contributed by atoms with Gasteiger partial charge in [-0.15, -0.1) is 0 Å². The Morgan fingerprint density at radius 1 is 1.26 bits per heavy atom. The van der Waals surface area contributed by atoms with Crippen molar-refractivity contribution in [1.29, 1.82) is 0 Å². The molecule has 4 heteroatoms. The van der Waals surface area contributed by atoms with Gasteiger partial charge in [0.2, 0.25) is 0 Å². The summed E-state index contributed by atoms with van der Waals surface area (Å²) < 4.78 is 5.74. The van der Waals surface area contributed by atoms with Gasteiger partial charge in [0.05, 0.1) is 12.2 Å². The highest BCUT2D eigenvalue weighted by Gasteiger charge is 2.24. The Labute approximate surface area is 115 Å². The molecule has 1 aromatic rings. The average Bonchev–Trinajstić information content (AvgIpc) is 2.36. The second-order valence-corrected chi connectivity index (χ2v) is 5.42. The number of carbonyl (C=O) groups is 1. The maximum atomic E-state index is 11.3. The van der Waals surface area contributed by atoms with Gasteiger partial charge in [0, 0.05) is 44.1 Å². The lowest BCUT2D eigenvalue weighted by Crippen LogP contribution is -2.45. The molecule has 2 rings (SSSR count). The first kappa shape index (κ1) is 13.9. The van der Waals surface area contributed by atoms with E-state index in [1.165, 1.54) is 0 Å². The van der Waals surface area contributed by atoms with Crippen LogP contribution in [0.2, 0.25) is 0 Å². The van der Waals surface area contributed by atoms with Crippen LogP contribution in [-0.2, 0) is 4.74 Å². The van der Waals surface area contributed by atoms with E-state index in [9.17, 15) is 4.79 Å². The highest BCUT2D eigenvalue weighted by atomic mass is 16.5. The molecule has 0 unspecified atom stereocenters. The molecule has 1 aliphatic rings. The number of carbonyl (C=O) groups excluding carboxylic acids is 1. The van der Waals surface area contributed by atoms with Crippen LogP contribution in [0.3, 0.4) is 0 Å². The van der Waals surface area contributed by atoms with Gasteiger partial charge in [0.15, 0.2) is 6.29 Å². The third-order valence-corrected chi connectivity index (χ3v) is 3.41. The van der Waals surface area contributed by atoms with Crippen molar-refractivity contribution in [1.82, 2.24) is 0 Å². The summed E-state index contributed by atoms with van der Waals surface area (Å²) in [7, 11) is 3.95. The molecule has 0 aliphatic carbocycles. The smallest absolute Gasteiger partial charge is 0.152 e. The van der Waals surface area contributed by atoms with Crippen LogP contribution in [0.4, 0.5) is 11.4 Å². The van der Waals surface area contributed by atoms with Crippen molar-refractivity contribution >= 4 is 17.7 Å². The highest BCUT2D eigenvalue weighted by molar-refractivity contribution is 5.86. The fourth-order valence-corrected chi connectivity index (χ4v) is 2.58. The number of rotatable bonds is 3. The second-order valence-electron chi connectivity index (χ2n) is 5.42. The normalized spacial score (nSPS) is 23.3. The summed E-state index contributed by atoms with van der Waals surface area (Å²) in [5, 5.41) is 0. The van der Waals surface area contributed by atoms with E-state index in [2.05, 4.69) is 18.7 Å². The predicted molar refractivity (Wildman–Crippen MR) is 78.4 cm³/mol. The molecule has 0 aromatic heterocycles. The molecule has 0 saturated carbocycles. The molecule has 0 radical (unpaired) electrons. The predicted octanol–water partition coefficient (Wildman–Crippen LogP) is 2.18. The van der Waals surface area contributed by atoms with Crippen molar-refractivity contribution in [3.8, 4) is 0 Å². The van der Waals surface area contributed by atoms with E-state index in [1.807, 2.05) is 37.2 Å². The molecule has 2 atom stereocenters. The zero-order chi connectivity index (χ0) is 14.0. The van der Waals surface area contributed by atoms with Crippen LogP contribution in [-0.4, -0.2) is 45.7 Å². The molecule has 0 N–H and O–H groups in total. The van der Waals surface area contributed by atoms with Gasteiger partial charge in [0.1, 0.15) is 0 Å². The van der Waals surface area contributed by atoms with Gasteiger partial charge in [-0.25, -0.2) is 0 Å². The maximum absolute atomic E-state index is 11.3. The van der Waals surface area contributed by atoms with Crippen molar-refractivity contribution in [3.63, 3.8) is 0 Å². The third kappa shape index (κ3) is 3.07. The molecule has 1 aliphatic heterocycles. The topological polar surface area (TPSA) is 32.8 Å². The molecule has 1 aromatic carbocycles. The van der Waals surface area contributed by atoms with Crippen LogP contribution >= 0.6 is 0 Å². The molecule has 0 bridgehead atoms. The Balaban J connectivity index is 2.31. The number of anilines is 2. The van der Waals surface area contributed by atoms with E-state index >= 15 is 0 Å². The largest absolute Gasteiger partial charge is 0.378 e. The lowest BCUT2D eigenvalue weighted by Gasteiger charge is -2.37. The summed E-state index contributed by atoms with van der Waals surface area (Å²) in [6.45, 7) is 5.79. The van der Waals surface area contributed by atoms with Crippen LogP contribution in [0, 0.1) is 0 Å². The molecule has 104 valence electrons. The van der Waals surface area contributed by atoms with Crippen molar-refractivity contribution < 1.29 is 9.53 Å². The fourth-order valence-electron chi connectivity index (χ4n) is 2.58. The molecule has 0 spiro atoms. The van der Waals surface area contributed by atoms with Crippen LogP contribution in [0.1, 0.15) is 24.2 Å². The van der Waals surface area contributed by atoms with Crippen molar-refractivity contribution in [3.05, 3.63) is 23.8 Å². The lowest BCUT2D eigenvalue weighted by molar-refractivity contribution is -0.00525. The van der Waals surface area contributed by atoms with Gasteiger partial charge in [0.25, 0.3) is 0 Å². The number of morpholine rings is 1. The number of hydrogen-bond acceptors (Lipinski definition) is 4. The molecule has 4 nitrogen and oxygen atoms in total. The Morgan fingerprint density at radius 3 is 2.42 bits per heavy atom. The quantitative estimate of drug-likeness (QED) is 0.782. The van der Waals surface area contributed by atoms with Gasteiger partial charge in [-0.05, 0) is 32.0 Å².